The van der Waals surface area contributed by atoms with Crippen molar-refractivity contribution in [3.8, 4) is 5.69 Å². The first kappa shape index (κ1) is 20.1. The highest BCUT2D eigenvalue weighted by Gasteiger charge is 2.25. The number of carbonyl (C=O) groups excluding carboxylic acids is 2. The number of carbonyl (C=O) groups is 2. The smallest absolute Gasteiger partial charge is 0.311 e. The van der Waals surface area contributed by atoms with Gasteiger partial charge in [0.25, 0.3) is 5.91 Å². The zero-order valence-corrected chi connectivity index (χ0v) is 17.0. The van der Waals surface area contributed by atoms with Gasteiger partial charge in [-0.15, -0.1) is 0 Å². The number of para-hydroxylation sites is 1. The Kier molecular flexibility index (Phi) is 6.49. The first-order chi connectivity index (χ1) is 13.5. The van der Waals surface area contributed by atoms with Crippen LogP contribution in [0.3, 0.4) is 0 Å². The molecule has 0 bridgehead atoms. The largest absolute Gasteiger partial charge is 0.452 e. The molecule has 0 N–H and O–H groups in total. The average Bonchev–Trinajstić information content (AvgIpc) is 2.88. The van der Waals surface area contributed by atoms with Crippen molar-refractivity contribution in [2.45, 2.75) is 59.0 Å². The summed E-state index contributed by atoms with van der Waals surface area (Å²) in [5.74, 6) is -0.488. The lowest BCUT2D eigenvalue weighted by Gasteiger charge is -2.24. The van der Waals surface area contributed by atoms with E-state index in [4.69, 9.17) is 4.74 Å². The average molecular weight is 383 g/mol. The van der Waals surface area contributed by atoms with Crippen LogP contribution in [0.25, 0.3) is 5.69 Å². The fourth-order valence-electron chi connectivity index (χ4n) is 3.73. The van der Waals surface area contributed by atoms with Gasteiger partial charge in [0.05, 0.1) is 17.8 Å². The Morgan fingerprint density at radius 1 is 1.07 bits per heavy atom. The monoisotopic (exact) mass is 383 g/mol. The minimum absolute atomic E-state index is 0.0938. The van der Waals surface area contributed by atoms with Gasteiger partial charge in [-0.3, -0.25) is 9.59 Å². The van der Waals surface area contributed by atoms with Crippen LogP contribution in [-0.4, -0.2) is 45.8 Å². The molecule has 1 aromatic heterocycles. The molecule has 1 aliphatic heterocycles. The summed E-state index contributed by atoms with van der Waals surface area (Å²) in [6.07, 6.45) is 3.70. The van der Waals surface area contributed by atoms with Crippen molar-refractivity contribution in [2.75, 3.05) is 13.1 Å². The second kappa shape index (κ2) is 9.04. The van der Waals surface area contributed by atoms with Crippen LogP contribution < -0.4 is 0 Å². The summed E-state index contributed by atoms with van der Waals surface area (Å²) in [5.41, 5.74) is 3.51. The van der Waals surface area contributed by atoms with Gasteiger partial charge in [-0.05, 0) is 45.7 Å². The third kappa shape index (κ3) is 4.61. The highest BCUT2D eigenvalue weighted by molar-refractivity contribution is 5.84. The molecule has 3 rings (SSSR count). The standard InChI is InChI=1S/C22H29N3O3/c1-16-20(17(2)25(23-16)19-11-7-6-8-12-19)15-21(26)28-18(3)22(27)24-13-9-4-5-10-14-24/h6-8,11-12,18H,4-5,9-10,13-15H2,1-3H3/t18-/m1/s1. The van der Waals surface area contributed by atoms with Crippen LogP contribution in [0.2, 0.25) is 0 Å². The van der Waals surface area contributed by atoms with E-state index in [1.54, 1.807) is 6.92 Å². The van der Waals surface area contributed by atoms with Crippen LogP contribution in [0, 0.1) is 13.8 Å². The molecule has 28 heavy (non-hydrogen) atoms. The Balaban J connectivity index is 1.64. The summed E-state index contributed by atoms with van der Waals surface area (Å²) in [6, 6.07) is 9.81. The maximum atomic E-state index is 12.6. The summed E-state index contributed by atoms with van der Waals surface area (Å²) in [5, 5.41) is 4.57. The van der Waals surface area contributed by atoms with Crippen molar-refractivity contribution in [2.24, 2.45) is 0 Å². The second-order valence-electron chi connectivity index (χ2n) is 7.45. The summed E-state index contributed by atoms with van der Waals surface area (Å²) in [6.45, 7) is 7.01. The maximum absolute atomic E-state index is 12.6. The lowest BCUT2D eigenvalue weighted by atomic mass is 10.1. The molecule has 1 amide bonds. The van der Waals surface area contributed by atoms with Gasteiger partial charge in [-0.25, -0.2) is 4.68 Å². The number of aromatic nitrogens is 2. The summed E-state index contributed by atoms with van der Waals surface area (Å²) >= 11 is 0. The van der Waals surface area contributed by atoms with E-state index in [2.05, 4.69) is 5.10 Å². The van der Waals surface area contributed by atoms with Crippen molar-refractivity contribution in [1.82, 2.24) is 14.7 Å². The molecule has 1 aromatic carbocycles. The Bertz CT molecular complexity index is 821. The van der Waals surface area contributed by atoms with Crippen LogP contribution in [0.5, 0.6) is 0 Å². The van der Waals surface area contributed by atoms with E-state index in [0.29, 0.717) is 0 Å². The van der Waals surface area contributed by atoms with Crippen molar-refractivity contribution in [3.63, 3.8) is 0 Å². The normalized spacial score (nSPS) is 15.8. The predicted octanol–water partition coefficient (Wildman–Crippen LogP) is 3.37. The molecule has 0 radical (unpaired) electrons. The van der Waals surface area contributed by atoms with E-state index in [-0.39, 0.29) is 12.3 Å². The number of esters is 1. The minimum Gasteiger partial charge on any atom is -0.452 e. The van der Waals surface area contributed by atoms with Gasteiger partial charge < -0.3 is 9.64 Å². The Hall–Kier alpha value is -2.63. The van der Waals surface area contributed by atoms with E-state index < -0.39 is 12.1 Å². The molecule has 6 nitrogen and oxygen atoms in total. The zero-order valence-electron chi connectivity index (χ0n) is 17.0. The molecule has 0 unspecified atom stereocenters. The molecule has 0 aliphatic carbocycles. The van der Waals surface area contributed by atoms with Crippen molar-refractivity contribution in [3.05, 3.63) is 47.3 Å². The van der Waals surface area contributed by atoms with E-state index in [9.17, 15) is 9.59 Å². The van der Waals surface area contributed by atoms with Gasteiger partial charge in [0.1, 0.15) is 0 Å². The molecule has 0 spiro atoms. The fourth-order valence-corrected chi connectivity index (χ4v) is 3.73. The highest BCUT2D eigenvalue weighted by Crippen LogP contribution is 2.19. The number of hydrogen-bond donors (Lipinski definition) is 0. The van der Waals surface area contributed by atoms with Gasteiger partial charge in [0, 0.05) is 24.3 Å². The molecule has 2 aromatic rings. The van der Waals surface area contributed by atoms with Crippen LogP contribution in [0.1, 0.15) is 49.6 Å². The molecule has 1 saturated heterocycles. The SMILES string of the molecule is Cc1nn(-c2ccccc2)c(C)c1CC(=O)O[C@H](C)C(=O)N1CCCCCC1. The highest BCUT2D eigenvalue weighted by atomic mass is 16.5. The third-order valence-corrected chi connectivity index (χ3v) is 5.34. The van der Waals surface area contributed by atoms with E-state index in [0.717, 1.165) is 61.4 Å². The molecule has 1 fully saturated rings. The number of ether oxygens (including phenoxy) is 1. The Morgan fingerprint density at radius 2 is 1.71 bits per heavy atom. The first-order valence-electron chi connectivity index (χ1n) is 10.1. The molecule has 2 heterocycles. The summed E-state index contributed by atoms with van der Waals surface area (Å²) < 4.78 is 7.30. The van der Waals surface area contributed by atoms with E-state index >= 15 is 0 Å². The van der Waals surface area contributed by atoms with Crippen molar-refractivity contribution < 1.29 is 14.3 Å². The second-order valence-corrected chi connectivity index (χ2v) is 7.45. The first-order valence-corrected chi connectivity index (χ1v) is 10.1. The predicted molar refractivity (Wildman–Crippen MR) is 107 cm³/mol. The van der Waals surface area contributed by atoms with Gasteiger partial charge >= 0.3 is 5.97 Å². The summed E-state index contributed by atoms with van der Waals surface area (Å²) in [4.78, 5) is 26.9. The van der Waals surface area contributed by atoms with Crippen molar-refractivity contribution >= 4 is 11.9 Å². The molecule has 1 aliphatic rings. The molecule has 0 saturated carbocycles. The number of amides is 1. The van der Waals surface area contributed by atoms with Gasteiger partial charge in [0.2, 0.25) is 0 Å². The number of likely N-dealkylation sites (tertiary alicyclic amines) is 1. The maximum Gasteiger partial charge on any atom is 0.311 e. The third-order valence-electron chi connectivity index (χ3n) is 5.34. The molecule has 6 heteroatoms. The Morgan fingerprint density at radius 3 is 2.36 bits per heavy atom. The topological polar surface area (TPSA) is 64.4 Å². The van der Waals surface area contributed by atoms with Gasteiger partial charge in [-0.1, -0.05) is 31.0 Å². The van der Waals surface area contributed by atoms with Gasteiger partial charge in [0.15, 0.2) is 6.10 Å². The van der Waals surface area contributed by atoms with Crippen LogP contribution in [-0.2, 0) is 20.7 Å². The van der Waals surface area contributed by atoms with Crippen LogP contribution in [0.15, 0.2) is 30.3 Å². The van der Waals surface area contributed by atoms with Crippen LogP contribution >= 0.6 is 0 Å². The summed E-state index contributed by atoms with van der Waals surface area (Å²) in [7, 11) is 0. The lowest BCUT2D eigenvalue weighted by molar-refractivity contribution is -0.158. The number of benzene rings is 1. The number of rotatable bonds is 5. The number of hydrogen-bond acceptors (Lipinski definition) is 4. The quantitative estimate of drug-likeness (QED) is 0.743. The van der Waals surface area contributed by atoms with Gasteiger partial charge in [-0.2, -0.15) is 5.10 Å². The minimum atomic E-state index is -0.754. The molecule has 1 atom stereocenters. The lowest BCUT2D eigenvalue weighted by Crippen LogP contribution is -2.40. The van der Waals surface area contributed by atoms with E-state index in [1.165, 1.54) is 0 Å². The number of nitrogens with zero attached hydrogens (tertiary/aromatic N) is 3. The molecular formula is C22H29N3O3. The Labute approximate surface area is 166 Å². The molecular weight excluding hydrogens is 354 g/mol. The fraction of sp³-hybridized carbons (Fsp3) is 0.500. The zero-order chi connectivity index (χ0) is 20.1. The van der Waals surface area contributed by atoms with E-state index in [1.807, 2.05) is 53.8 Å². The van der Waals surface area contributed by atoms with Crippen molar-refractivity contribution in [1.29, 1.82) is 0 Å². The van der Waals surface area contributed by atoms with Crippen LogP contribution in [0.4, 0.5) is 0 Å². The molecule has 150 valence electrons. The number of aryl methyl sites for hydroxylation is 1.